The molecule has 8 nitrogen and oxygen atoms in total. The van der Waals surface area contributed by atoms with E-state index in [1.54, 1.807) is 0 Å². The van der Waals surface area contributed by atoms with Gasteiger partial charge in [0.05, 0.1) is 28.8 Å². The number of carbonyl (C=O) groups is 1. The van der Waals surface area contributed by atoms with E-state index >= 15 is 0 Å². The Hall–Kier alpha value is -3.20. The Bertz CT molecular complexity index is 796. The highest BCUT2D eigenvalue weighted by Crippen LogP contribution is 2.27. The molecule has 0 aliphatic rings. The molecule has 0 fully saturated rings. The molecule has 0 spiro atoms. The van der Waals surface area contributed by atoms with Crippen LogP contribution in [-0.4, -0.2) is 36.3 Å². The van der Waals surface area contributed by atoms with Crippen molar-refractivity contribution in [2.45, 2.75) is 0 Å². The number of rotatable bonds is 7. The van der Waals surface area contributed by atoms with E-state index in [2.05, 4.69) is 5.32 Å². The monoisotopic (exact) mass is 350 g/mol. The summed E-state index contributed by atoms with van der Waals surface area (Å²) >= 11 is 0. The van der Waals surface area contributed by atoms with Gasteiger partial charge in [-0.2, -0.15) is 0 Å². The zero-order valence-electron chi connectivity index (χ0n) is 13.2. The lowest BCUT2D eigenvalue weighted by Gasteiger charge is -2.12. The normalized spacial score (nSPS) is 10.3. The Morgan fingerprint density at radius 1 is 1.28 bits per heavy atom. The maximum Gasteiger partial charge on any atom is 0.273 e. The topological polar surface area (TPSA) is 111 Å². The van der Waals surface area contributed by atoms with Crippen LogP contribution in [0.2, 0.25) is 0 Å². The number of ether oxygens (including phenoxy) is 2. The molecule has 25 heavy (non-hydrogen) atoms. The molecule has 132 valence electrons. The number of phenols is 1. The standard InChI is InChI=1S/C16H15FN2O6/c1-24-4-5-25-15-3-2-11(17)8-14(15)18-16(21)10-6-12(19(22)23)9-13(20)7-10/h2-3,6-9,20H,4-5H2,1H3,(H,18,21). The molecule has 0 unspecified atom stereocenters. The summed E-state index contributed by atoms with van der Waals surface area (Å²) in [5.74, 6) is -1.59. The predicted molar refractivity (Wildman–Crippen MR) is 86.5 cm³/mol. The summed E-state index contributed by atoms with van der Waals surface area (Å²) in [7, 11) is 1.49. The van der Waals surface area contributed by atoms with Crippen molar-refractivity contribution in [1.29, 1.82) is 0 Å². The average Bonchev–Trinajstić information content (AvgIpc) is 2.56. The number of hydrogen-bond acceptors (Lipinski definition) is 6. The number of nitro benzene ring substituents is 1. The first kappa shape index (κ1) is 18.1. The molecule has 2 rings (SSSR count). The largest absolute Gasteiger partial charge is 0.508 e. The lowest BCUT2D eigenvalue weighted by atomic mass is 10.1. The minimum atomic E-state index is -0.763. The van der Waals surface area contributed by atoms with Gasteiger partial charge in [0.25, 0.3) is 11.6 Å². The van der Waals surface area contributed by atoms with Gasteiger partial charge < -0.3 is 19.9 Å². The van der Waals surface area contributed by atoms with Crippen molar-refractivity contribution in [2.75, 3.05) is 25.6 Å². The summed E-state index contributed by atoms with van der Waals surface area (Å²) in [6.07, 6.45) is 0. The van der Waals surface area contributed by atoms with Crippen LogP contribution in [0, 0.1) is 15.9 Å². The Morgan fingerprint density at radius 3 is 2.72 bits per heavy atom. The maximum absolute atomic E-state index is 13.5. The molecule has 1 amide bonds. The first-order valence-electron chi connectivity index (χ1n) is 7.12. The second kappa shape index (κ2) is 8.06. The Morgan fingerprint density at radius 2 is 2.04 bits per heavy atom. The van der Waals surface area contributed by atoms with Crippen molar-refractivity contribution >= 4 is 17.3 Å². The van der Waals surface area contributed by atoms with E-state index in [-0.39, 0.29) is 23.6 Å². The predicted octanol–water partition coefficient (Wildman–Crippen LogP) is 2.72. The third-order valence-corrected chi connectivity index (χ3v) is 3.11. The first-order valence-corrected chi connectivity index (χ1v) is 7.12. The number of non-ortho nitro benzene ring substituents is 1. The number of benzene rings is 2. The van der Waals surface area contributed by atoms with Gasteiger partial charge in [-0.25, -0.2) is 4.39 Å². The molecule has 9 heteroatoms. The van der Waals surface area contributed by atoms with Gasteiger partial charge in [-0.1, -0.05) is 0 Å². The highest BCUT2D eigenvalue weighted by atomic mass is 19.1. The fourth-order valence-electron chi connectivity index (χ4n) is 1.99. The van der Waals surface area contributed by atoms with E-state index in [0.717, 1.165) is 30.3 Å². The maximum atomic E-state index is 13.5. The van der Waals surface area contributed by atoms with Gasteiger partial charge in [-0.15, -0.1) is 0 Å². The summed E-state index contributed by atoms with van der Waals surface area (Å²) in [5.41, 5.74) is -0.549. The number of amides is 1. The second-order valence-corrected chi connectivity index (χ2v) is 4.93. The molecule has 0 heterocycles. The van der Waals surface area contributed by atoms with Crippen LogP contribution in [-0.2, 0) is 4.74 Å². The van der Waals surface area contributed by atoms with Crippen LogP contribution in [0.1, 0.15) is 10.4 Å². The van der Waals surface area contributed by atoms with Crippen LogP contribution in [0.5, 0.6) is 11.5 Å². The highest BCUT2D eigenvalue weighted by molar-refractivity contribution is 6.05. The molecule has 0 saturated heterocycles. The number of anilines is 1. The van der Waals surface area contributed by atoms with E-state index in [0.29, 0.717) is 6.61 Å². The zero-order chi connectivity index (χ0) is 18.4. The van der Waals surface area contributed by atoms with E-state index in [9.17, 15) is 24.4 Å². The molecule has 0 aromatic heterocycles. The van der Waals surface area contributed by atoms with E-state index in [1.807, 2.05) is 0 Å². The third kappa shape index (κ3) is 4.88. The molecule has 0 bridgehead atoms. The molecular formula is C16H15FN2O6. The summed E-state index contributed by atoms with van der Waals surface area (Å²) < 4.78 is 23.7. The number of nitro groups is 1. The Kier molecular flexibility index (Phi) is 5.85. The van der Waals surface area contributed by atoms with Gasteiger partial charge in [0.1, 0.15) is 23.9 Å². The van der Waals surface area contributed by atoms with Crippen LogP contribution in [0.3, 0.4) is 0 Å². The van der Waals surface area contributed by atoms with Crippen molar-refractivity contribution in [1.82, 2.24) is 0 Å². The first-order chi connectivity index (χ1) is 11.9. The quantitative estimate of drug-likeness (QED) is 0.451. The zero-order valence-corrected chi connectivity index (χ0v) is 13.2. The fourth-order valence-corrected chi connectivity index (χ4v) is 1.99. The molecule has 0 aliphatic carbocycles. The average molecular weight is 350 g/mol. The van der Waals surface area contributed by atoms with Gasteiger partial charge in [0.15, 0.2) is 0 Å². The second-order valence-electron chi connectivity index (χ2n) is 4.93. The van der Waals surface area contributed by atoms with Crippen LogP contribution in [0.4, 0.5) is 15.8 Å². The van der Waals surface area contributed by atoms with Gasteiger partial charge in [-0.05, 0) is 18.2 Å². The summed E-state index contributed by atoms with van der Waals surface area (Å²) in [5, 5.41) is 22.7. The van der Waals surface area contributed by atoms with Gasteiger partial charge in [0.2, 0.25) is 0 Å². The molecule has 2 aromatic rings. The Balaban J connectivity index is 2.25. The van der Waals surface area contributed by atoms with Crippen molar-refractivity contribution in [2.24, 2.45) is 0 Å². The summed E-state index contributed by atoms with van der Waals surface area (Å²) in [6.45, 7) is 0.478. The van der Waals surface area contributed by atoms with E-state index in [1.165, 1.54) is 13.2 Å². The lowest BCUT2D eigenvalue weighted by molar-refractivity contribution is -0.385. The molecule has 0 saturated carbocycles. The van der Waals surface area contributed by atoms with Crippen molar-refractivity contribution in [3.8, 4) is 11.5 Å². The fraction of sp³-hybridized carbons (Fsp3) is 0.188. The smallest absolute Gasteiger partial charge is 0.273 e. The van der Waals surface area contributed by atoms with E-state index in [4.69, 9.17) is 9.47 Å². The third-order valence-electron chi connectivity index (χ3n) is 3.11. The van der Waals surface area contributed by atoms with Crippen LogP contribution in [0.15, 0.2) is 36.4 Å². The van der Waals surface area contributed by atoms with E-state index < -0.39 is 28.1 Å². The van der Waals surface area contributed by atoms with Crippen LogP contribution < -0.4 is 10.1 Å². The SMILES string of the molecule is COCCOc1ccc(F)cc1NC(=O)c1cc(O)cc([N+](=O)[O-])c1. The number of methoxy groups -OCH3 is 1. The summed E-state index contributed by atoms with van der Waals surface area (Å²) in [6, 6.07) is 6.53. The number of phenolic OH excluding ortho intramolecular Hbond substituents is 1. The number of aromatic hydroxyl groups is 1. The number of halogens is 1. The Labute approximate surface area is 141 Å². The molecule has 0 aliphatic heterocycles. The highest BCUT2D eigenvalue weighted by Gasteiger charge is 2.16. The van der Waals surface area contributed by atoms with Gasteiger partial charge >= 0.3 is 0 Å². The number of hydrogen-bond donors (Lipinski definition) is 2. The van der Waals surface area contributed by atoms with Crippen molar-refractivity contribution in [3.05, 3.63) is 57.9 Å². The van der Waals surface area contributed by atoms with Crippen molar-refractivity contribution in [3.63, 3.8) is 0 Å². The minimum Gasteiger partial charge on any atom is -0.508 e. The molecule has 2 aromatic carbocycles. The molecule has 0 atom stereocenters. The number of carbonyl (C=O) groups excluding carboxylic acids is 1. The van der Waals surface area contributed by atoms with Crippen LogP contribution in [0.25, 0.3) is 0 Å². The number of nitrogens with one attached hydrogen (secondary N) is 1. The summed E-state index contributed by atoms with van der Waals surface area (Å²) in [4.78, 5) is 22.4. The van der Waals surface area contributed by atoms with Crippen LogP contribution >= 0.6 is 0 Å². The lowest BCUT2D eigenvalue weighted by Crippen LogP contribution is -2.14. The molecular weight excluding hydrogens is 335 g/mol. The minimum absolute atomic E-state index is 0.0482. The van der Waals surface area contributed by atoms with Gasteiger partial charge in [0, 0.05) is 19.2 Å². The van der Waals surface area contributed by atoms with Gasteiger partial charge in [-0.3, -0.25) is 14.9 Å². The molecule has 2 N–H and O–H groups in total. The number of nitrogens with zero attached hydrogens (tertiary/aromatic N) is 1. The molecule has 0 radical (unpaired) electrons. The van der Waals surface area contributed by atoms with Crippen molar-refractivity contribution < 1.29 is 28.7 Å².